The summed E-state index contributed by atoms with van der Waals surface area (Å²) in [6, 6.07) is 3.37. The van der Waals surface area contributed by atoms with Gasteiger partial charge in [-0.1, -0.05) is 32.4 Å². The van der Waals surface area contributed by atoms with Crippen LogP contribution in [-0.4, -0.2) is 16.9 Å². The maximum atomic E-state index is 11.8. The highest BCUT2D eigenvalue weighted by Crippen LogP contribution is 2.18. The minimum Gasteiger partial charge on any atom is -0.349 e. The minimum absolute atomic E-state index is 0.0372. The van der Waals surface area contributed by atoms with E-state index in [-0.39, 0.29) is 17.4 Å². The molecular weight excluding hydrogens is 224 g/mol. The third-order valence-electron chi connectivity index (χ3n) is 2.64. The Bertz CT molecular complexity index is 368. The van der Waals surface area contributed by atoms with E-state index in [4.69, 9.17) is 11.6 Å². The summed E-state index contributed by atoms with van der Waals surface area (Å²) in [5.41, 5.74) is 0.565. The normalized spacial score (nSPS) is 13.3. The molecule has 0 aliphatic rings. The molecule has 4 heteroatoms. The number of amides is 1. The Morgan fingerprint density at radius 3 is 2.50 bits per heavy atom. The molecular formula is C12H17ClN2O. The Morgan fingerprint density at radius 1 is 1.44 bits per heavy atom. The number of carbonyl (C=O) groups excluding carboxylic acids is 1. The molecule has 3 nitrogen and oxygen atoms in total. The van der Waals surface area contributed by atoms with Crippen molar-refractivity contribution in [2.45, 2.75) is 33.7 Å². The predicted octanol–water partition coefficient (Wildman–Crippen LogP) is 2.90. The molecule has 0 bridgehead atoms. The van der Waals surface area contributed by atoms with Crippen LogP contribution < -0.4 is 5.32 Å². The van der Waals surface area contributed by atoms with E-state index in [1.54, 1.807) is 12.1 Å². The van der Waals surface area contributed by atoms with Crippen LogP contribution in [0.1, 0.15) is 38.1 Å². The van der Waals surface area contributed by atoms with Crippen molar-refractivity contribution in [2.75, 3.05) is 0 Å². The number of nitrogens with zero attached hydrogens (tertiary/aromatic N) is 1. The van der Waals surface area contributed by atoms with Crippen molar-refractivity contribution in [3.8, 4) is 0 Å². The van der Waals surface area contributed by atoms with Crippen LogP contribution in [-0.2, 0) is 0 Å². The SMILES string of the molecule is C[C@@H](NC(=O)c1ccc(Cl)nc1)C(C)(C)C. The topological polar surface area (TPSA) is 42.0 Å². The van der Waals surface area contributed by atoms with Crippen molar-refractivity contribution in [1.29, 1.82) is 0 Å². The number of hydrogen-bond acceptors (Lipinski definition) is 2. The molecule has 88 valence electrons. The van der Waals surface area contributed by atoms with Crippen LogP contribution in [0.2, 0.25) is 5.15 Å². The summed E-state index contributed by atoms with van der Waals surface area (Å²) in [4.78, 5) is 15.7. The maximum Gasteiger partial charge on any atom is 0.253 e. The zero-order valence-electron chi connectivity index (χ0n) is 10.0. The van der Waals surface area contributed by atoms with E-state index in [9.17, 15) is 4.79 Å². The lowest BCUT2D eigenvalue weighted by molar-refractivity contribution is 0.0910. The maximum absolute atomic E-state index is 11.8. The third-order valence-corrected chi connectivity index (χ3v) is 2.86. The molecule has 0 aromatic carbocycles. The number of hydrogen-bond donors (Lipinski definition) is 1. The van der Waals surface area contributed by atoms with Crippen LogP contribution in [0.3, 0.4) is 0 Å². The van der Waals surface area contributed by atoms with Gasteiger partial charge < -0.3 is 5.32 Å². The number of rotatable bonds is 2. The van der Waals surface area contributed by atoms with Gasteiger partial charge in [0.05, 0.1) is 5.56 Å². The van der Waals surface area contributed by atoms with Crippen LogP contribution in [0.25, 0.3) is 0 Å². The van der Waals surface area contributed by atoms with Crippen LogP contribution in [0.4, 0.5) is 0 Å². The van der Waals surface area contributed by atoms with Crippen LogP contribution in [0, 0.1) is 5.41 Å². The van der Waals surface area contributed by atoms with Crippen molar-refractivity contribution in [3.63, 3.8) is 0 Å². The average molecular weight is 241 g/mol. The molecule has 0 spiro atoms. The number of halogens is 1. The first-order valence-electron chi connectivity index (χ1n) is 5.23. The molecule has 1 aromatic heterocycles. The Hall–Kier alpha value is -1.09. The average Bonchev–Trinajstić information content (AvgIpc) is 2.17. The zero-order valence-corrected chi connectivity index (χ0v) is 10.8. The quantitative estimate of drug-likeness (QED) is 0.808. The molecule has 0 aliphatic heterocycles. The van der Waals surface area contributed by atoms with Gasteiger partial charge in [0.15, 0.2) is 0 Å². The lowest BCUT2D eigenvalue weighted by Crippen LogP contribution is -2.41. The highest BCUT2D eigenvalue weighted by molar-refractivity contribution is 6.29. The van der Waals surface area contributed by atoms with E-state index in [1.165, 1.54) is 6.20 Å². The van der Waals surface area contributed by atoms with E-state index in [0.29, 0.717) is 10.7 Å². The smallest absolute Gasteiger partial charge is 0.253 e. The molecule has 0 radical (unpaired) electrons. The first-order valence-corrected chi connectivity index (χ1v) is 5.61. The summed E-state index contributed by atoms with van der Waals surface area (Å²) in [6.07, 6.45) is 1.48. The Morgan fingerprint density at radius 2 is 2.06 bits per heavy atom. The van der Waals surface area contributed by atoms with Gasteiger partial charge in [-0.05, 0) is 24.5 Å². The van der Waals surface area contributed by atoms with Gasteiger partial charge in [-0.2, -0.15) is 0 Å². The van der Waals surface area contributed by atoms with Gasteiger partial charge in [-0.3, -0.25) is 4.79 Å². The van der Waals surface area contributed by atoms with Crippen molar-refractivity contribution in [3.05, 3.63) is 29.0 Å². The number of nitrogens with one attached hydrogen (secondary N) is 1. The molecule has 0 saturated carbocycles. The first kappa shape index (κ1) is 13.0. The second-order valence-electron chi connectivity index (χ2n) is 4.93. The molecule has 1 heterocycles. The molecule has 0 fully saturated rings. The molecule has 1 amide bonds. The molecule has 1 aromatic rings. The van der Waals surface area contributed by atoms with Gasteiger partial charge in [-0.25, -0.2) is 4.98 Å². The van der Waals surface area contributed by atoms with Crippen LogP contribution in [0.15, 0.2) is 18.3 Å². The zero-order chi connectivity index (χ0) is 12.3. The van der Waals surface area contributed by atoms with E-state index >= 15 is 0 Å². The third kappa shape index (κ3) is 3.49. The summed E-state index contributed by atoms with van der Waals surface area (Å²) < 4.78 is 0. The lowest BCUT2D eigenvalue weighted by atomic mass is 9.88. The first-order chi connectivity index (χ1) is 7.30. The standard InChI is InChI=1S/C12H17ClN2O/c1-8(12(2,3)4)15-11(16)9-5-6-10(13)14-7-9/h5-8H,1-4H3,(H,15,16)/t8-/m1/s1. The highest BCUT2D eigenvalue weighted by Gasteiger charge is 2.22. The molecule has 1 N–H and O–H groups in total. The summed E-state index contributed by atoms with van der Waals surface area (Å²) >= 11 is 5.65. The molecule has 0 saturated heterocycles. The second kappa shape index (κ2) is 4.83. The largest absolute Gasteiger partial charge is 0.349 e. The van der Waals surface area contributed by atoms with Gasteiger partial charge in [0.1, 0.15) is 5.15 Å². The second-order valence-corrected chi connectivity index (χ2v) is 5.32. The number of pyridine rings is 1. The van der Waals surface area contributed by atoms with E-state index in [0.717, 1.165) is 0 Å². The summed E-state index contributed by atoms with van der Waals surface area (Å²) in [5, 5.41) is 3.32. The lowest BCUT2D eigenvalue weighted by Gasteiger charge is -2.28. The summed E-state index contributed by atoms with van der Waals surface area (Å²) in [5.74, 6) is -0.119. The van der Waals surface area contributed by atoms with Gasteiger partial charge >= 0.3 is 0 Å². The van der Waals surface area contributed by atoms with Crippen molar-refractivity contribution >= 4 is 17.5 Å². The van der Waals surface area contributed by atoms with E-state index in [2.05, 4.69) is 31.1 Å². The molecule has 1 atom stereocenters. The van der Waals surface area contributed by atoms with Gasteiger partial charge in [0.25, 0.3) is 5.91 Å². The Kier molecular flexibility index (Phi) is 3.92. The monoisotopic (exact) mass is 240 g/mol. The van der Waals surface area contributed by atoms with Crippen LogP contribution in [0.5, 0.6) is 0 Å². The highest BCUT2D eigenvalue weighted by atomic mass is 35.5. The van der Waals surface area contributed by atoms with Gasteiger partial charge in [0.2, 0.25) is 0 Å². The minimum atomic E-state index is -0.119. The fourth-order valence-corrected chi connectivity index (χ4v) is 1.12. The van der Waals surface area contributed by atoms with Gasteiger partial charge in [-0.15, -0.1) is 0 Å². The number of carbonyl (C=O) groups is 1. The molecule has 1 rings (SSSR count). The molecule has 0 aliphatic carbocycles. The molecule has 16 heavy (non-hydrogen) atoms. The number of aromatic nitrogens is 1. The molecule has 0 unspecified atom stereocenters. The fourth-order valence-electron chi connectivity index (χ4n) is 1.01. The summed E-state index contributed by atoms with van der Waals surface area (Å²) in [7, 11) is 0. The summed E-state index contributed by atoms with van der Waals surface area (Å²) in [6.45, 7) is 8.23. The Labute approximate surface area is 101 Å². The van der Waals surface area contributed by atoms with Gasteiger partial charge in [0, 0.05) is 12.2 Å². The van der Waals surface area contributed by atoms with E-state index < -0.39 is 0 Å². The van der Waals surface area contributed by atoms with Crippen LogP contribution >= 0.6 is 11.6 Å². The predicted molar refractivity (Wildman–Crippen MR) is 65.6 cm³/mol. The Balaban J connectivity index is 2.70. The van der Waals surface area contributed by atoms with Crippen molar-refractivity contribution in [2.24, 2.45) is 5.41 Å². The van der Waals surface area contributed by atoms with E-state index in [1.807, 2.05) is 6.92 Å². The van der Waals surface area contributed by atoms with Crippen molar-refractivity contribution < 1.29 is 4.79 Å². The van der Waals surface area contributed by atoms with Crippen molar-refractivity contribution in [1.82, 2.24) is 10.3 Å². The fraction of sp³-hybridized carbons (Fsp3) is 0.500.